The number of allylic oxidation sites excluding steroid dienone is 3. The lowest BCUT2D eigenvalue weighted by atomic mass is 10.1. The van der Waals surface area contributed by atoms with Crippen molar-refractivity contribution in [1.29, 1.82) is 0 Å². The number of rotatable bonds is 6. The molecule has 4 nitrogen and oxygen atoms in total. The number of amides is 2. The summed E-state index contributed by atoms with van der Waals surface area (Å²) in [4.78, 5) is 22.5. The molecule has 1 aromatic rings. The Morgan fingerprint density at radius 1 is 1.38 bits per heavy atom. The van der Waals surface area contributed by atoms with Gasteiger partial charge in [0, 0.05) is 17.6 Å². The molecule has 0 atom stereocenters. The van der Waals surface area contributed by atoms with E-state index in [2.05, 4.69) is 26.6 Å². The number of thiophene rings is 1. The third-order valence-electron chi connectivity index (χ3n) is 3.13. The van der Waals surface area contributed by atoms with Gasteiger partial charge in [0.25, 0.3) is 5.91 Å². The van der Waals surface area contributed by atoms with Gasteiger partial charge in [-0.2, -0.15) is 0 Å². The van der Waals surface area contributed by atoms with E-state index in [0.29, 0.717) is 18.5 Å². The molecule has 1 heterocycles. The molecule has 0 aromatic carbocycles. The van der Waals surface area contributed by atoms with Crippen molar-refractivity contribution in [2.45, 2.75) is 27.7 Å². The monoisotopic (exact) mass is 370 g/mol. The fraction of sp³-hybridized carbons (Fsp3) is 0.333. The van der Waals surface area contributed by atoms with Gasteiger partial charge in [-0.15, -0.1) is 11.3 Å². The average Bonchev–Trinajstić information content (AvgIpc) is 2.76. The lowest BCUT2D eigenvalue weighted by molar-refractivity contribution is -0.108. The Labute approximate surface area is 137 Å². The molecule has 6 heteroatoms. The van der Waals surface area contributed by atoms with E-state index < -0.39 is 0 Å². The van der Waals surface area contributed by atoms with Gasteiger partial charge in [-0.1, -0.05) is 5.57 Å². The highest BCUT2D eigenvalue weighted by molar-refractivity contribution is 9.11. The zero-order valence-corrected chi connectivity index (χ0v) is 14.9. The van der Waals surface area contributed by atoms with Gasteiger partial charge in [0.05, 0.1) is 9.35 Å². The van der Waals surface area contributed by atoms with Crippen LogP contribution < -0.4 is 10.6 Å². The standard InChI is InChI=1S/C15H19BrN2O2S/c1-9(5-11(3)18-8-19)10(2)6-17-15(20)13-7-21-14(16)12(13)4/h5,7-8H,6H2,1-4H3,(H,17,20)(H,18,19)/b10-9+,11-5-. The highest BCUT2D eigenvalue weighted by atomic mass is 79.9. The van der Waals surface area contributed by atoms with Crippen LogP contribution in [0, 0.1) is 6.92 Å². The SMILES string of the molecule is C/C(=C/C(C)=C(\C)CNC(=O)c1csc(Br)c1C)NC=O. The van der Waals surface area contributed by atoms with Crippen molar-refractivity contribution < 1.29 is 9.59 Å². The summed E-state index contributed by atoms with van der Waals surface area (Å²) >= 11 is 4.92. The average molecular weight is 371 g/mol. The maximum absolute atomic E-state index is 12.1. The summed E-state index contributed by atoms with van der Waals surface area (Å²) < 4.78 is 0.981. The molecule has 21 heavy (non-hydrogen) atoms. The number of hydrogen-bond acceptors (Lipinski definition) is 3. The van der Waals surface area contributed by atoms with Gasteiger partial charge in [-0.25, -0.2) is 0 Å². The fourth-order valence-electron chi connectivity index (χ4n) is 1.65. The molecule has 0 saturated heterocycles. The number of hydrogen-bond donors (Lipinski definition) is 2. The summed E-state index contributed by atoms with van der Waals surface area (Å²) in [5, 5.41) is 7.34. The Hall–Kier alpha value is -1.40. The molecule has 2 amide bonds. The number of carbonyl (C=O) groups is 2. The van der Waals surface area contributed by atoms with E-state index in [1.54, 1.807) is 0 Å². The second kappa shape index (κ2) is 8.14. The van der Waals surface area contributed by atoms with Crippen LogP contribution in [0.4, 0.5) is 0 Å². The van der Waals surface area contributed by atoms with E-state index in [1.165, 1.54) is 11.3 Å². The minimum absolute atomic E-state index is 0.0756. The van der Waals surface area contributed by atoms with Crippen molar-refractivity contribution in [1.82, 2.24) is 10.6 Å². The predicted octanol–water partition coefficient (Wildman–Crippen LogP) is 3.54. The molecule has 0 aliphatic heterocycles. The Balaban J connectivity index is 2.69. The quantitative estimate of drug-likeness (QED) is 0.594. The van der Waals surface area contributed by atoms with Crippen molar-refractivity contribution in [2.24, 2.45) is 0 Å². The molecular formula is C15H19BrN2O2S. The van der Waals surface area contributed by atoms with Crippen LogP contribution in [0.5, 0.6) is 0 Å². The van der Waals surface area contributed by atoms with Gasteiger partial charge < -0.3 is 10.6 Å². The van der Waals surface area contributed by atoms with E-state index in [4.69, 9.17) is 0 Å². The van der Waals surface area contributed by atoms with Crippen molar-refractivity contribution in [3.05, 3.63) is 43.2 Å². The Bertz CT molecular complexity index is 603. The normalized spacial score (nSPS) is 12.7. The smallest absolute Gasteiger partial charge is 0.252 e. The molecule has 0 aliphatic carbocycles. The topological polar surface area (TPSA) is 58.2 Å². The molecule has 0 spiro atoms. The van der Waals surface area contributed by atoms with E-state index in [1.807, 2.05) is 39.2 Å². The van der Waals surface area contributed by atoms with Crippen LogP contribution in [0.15, 0.2) is 32.1 Å². The largest absolute Gasteiger partial charge is 0.348 e. The van der Waals surface area contributed by atoms with E-state index in [9.17, 15) is 9.59 Å². The third-order valence-corrected chi connectivity index (χ3v) is 5.15. The maximum Gasteiger partial charge on any atom is 0.252 e. The maximum atomic E-state index is 12.1. The minimum Gasteiger partial charge on any atom is -0.348 e. The van der Waals surface area contributed by atoms with Crippen LogP contribution in [-0.2, 0) is 4.79 Å². The molecule has 0 saturated carbocycles. The van der Waals surface area contributed by atoms with Crippen LogP contribution in [0.3, 0.4) is 0 Å². The predicted molar refractivity (Wildman–Crippen MR) is 90.4 cm³/mol. The lowest BCUT2D eigenvalue weighted by Gasteiger charge is -2.08. The highest BCUT2D eigenvalue weighted by Crippen LogP contribution is 2.27. The molecule has 1 rings (SSSR count). The first-order valence-electron chi connectivity index (χ1n) is 6.43. The summed E-state index contributed by atoms with van der Waals surface area (Å²) in [7, 11) is 0. The summed E-state index contributed by atoms with van der Waals surface area (Å²) in [5.74, 6) is -0.0756. The van der Waals surface area contributed by atoms with Gasteiger partial charge in [-0.05, 0) is 60.8 Å². The first-order chi connectivity index (χ1) is 9.86. The fourth-order valence-corrected chi connectivity index (χ4v) is 2.93. The van der Waals surface area contributed by atoms with Crippen LogP contribution in [0.2, 0.25) is 0 Å². The molecule has 2 N–H and O–H groups in total. The van der Waals surface area contributed by atoms with Crippen molar-refractivity contribution >= 4 is 39.6 Å². The van der Waals surface area contributed by atoms with Crippen molar-refractivity contribution in [3.63, 3.8) is 0 Å². The van der Waals surface area contributed by atoms with Gasteiger partial charge in [0.2, 0.25) is 6.41 Å². The molecule has 0 aliphatic rings. The van der Waals surface area contributed by atoms with E-state index in [-0.39, 0.29) is 5.91 Å². The van der Waals surface area contributed by atoms with Gasteiger partial charge >= 0.3 is 0 Å². The zero-order valence-electron chi connectivity index (χ0n) is 12.5. The van der Waals surface area contributed by atoms with Crippen LogP contribution >= 0.6 is 27.3 Å². The Morgan fingerprint density at radius 2 is 2.05 bits per heavy atom. The second-order valence-corrected chi connectivity index (χ2v) is 6.98. The molecule has 0 bridgehead atoms. The molecule has 0 unspecified atom stereocenters. The molecular weight excluding hydrogens is 352 g/mol. The molecule has 1 aromatic heterocycles. The summed E-state index contributed by atoms with van der Waals surface area (Å²) in [6, 6.07) is 0. The molecule has 0 radical (unpaired) electrons. The third kappa shape index (κ3) is 5.13. The van der Waals surface area contributed by atoms with Gasteiger partial charge in [-0.3, -0.25) is 9.59 Å². The molecule has 114 valence electrons. The van der Waals surface area contributed by atoms with Gasteiger partial charge in [0.15, 0.2) is 0 Å². The van der Waals surface area contributed by atoms with Crippen LogP contribution in [0.25, 0.3) is 0 Å². The highest BCUT2D eigenvalue weighted by Gasteiger charge is 2.12. The zero-order chi connectivity index (χ0) is 16.0. The van der Waals surface area contributed by atoms with Crippen LogP contribution in [-0.4, -0.2) is 18.9 Å². The summed E-state index contributed by atoms with van der Waals surface area (Å²) in [5.41, 5.74) is 4.49. The van der Waals surface area contributed by atoms with E-state index >= 15 is 0 Å². The van der Waals surface area contributed by atoms with Crippen molar-refractivity contribution in [2.75, 3.05) is 6.54 Å². The van der Waals surface area contributed by atoms with E-state index in [0.717, 1.165) is 26.2 Å². The van der Waals surface area contributed by atoms with Crippen molar-refractivity contribution in [3.8, 4) is 0 Å². The minimum atomic E-state index is -0.0756. The number of halogens is 1. The number of nitrogens with one attached hydrogen (secondary N) is 2. The first kappa shape index (κ1) is 17.7. The Kier molecular flexibility index (Phi) is 6.84. The Morgan fingerprint density at radius 3 is 2.57 bits per heavy atom. The first-order valence-corrected chi connectivity index (χ1v) is 8.10. The summed E-state index contributed by atoms with van der Waals surface area (Å²) in [6.07, 6.45) is 2.52. The lowest BCUT2D eigenvalue weighted by Crippen LogP contribution is -2.25. The molecule has 0 fully saturated rings. The van der Waals surface area contributed by atoms with Crippen LogP contribution in [0.1, 0.15) is 36.7 Å². The number of carbonyl (C=O) groups excluding carboxylic acids is 2. The van der Waals surface area contributed by atoms with Gasteiger partial charge in [0.1, 0.15) is 0 Å². The summed E-state index contributed by atoms with van der Waals surface area (Å²) in [6.45, 7) is 8.11. The second-order valence-electron chi connectivity index (χ2n) is 4.78.